The van der Waals surface area contributed by atoms with Crippen LogP contribution in [0.3, 0.4) is 0 Å². The number of halogens is 1. The number of rotatable bonds is 2. The van der Waals surface area contributed by atoms with Gasteiger partial charge in [-0.05, 0) is 6.92 Å². The van der Waals surface area contributed by atoms with Crippen LogP contribution in [0.1, 0.15) is 6.92 Å². The summed E-state index contributed by atoms with van der Waals surface area (Å²) in [6.07, 6.45) is 1.33. The number of amides is 1. The van der Waals surface area contributed by atoms with Crippen LogP contribution in [0.4, 0.5) is 0 Å². The third-order valence-electron chi connectivity index (χ3n) is 1.61. The van der Waals surface area contributed by atoms with Crippen LogP contribution in [0, 0.1) is 0 Å². The standard InChI is InChI=1S/C8H10BrNO3S/c1-3-13-6(11)4-5-10(2)8(12)7(9)14-5/h4,7H,3H2,1-2H3. The Morgan fingerprint density at radius 1 is 1.79 bits per heavy atom. The molecule has 6 heteroatoms. The summed E-state index contributed by atoms with van der Waals surface area (Å²) in [5.74, 6) is -0.484. The van der Waals surface area contributed by atoms with Gasteiger partial charge in [-0.1, -0.05) is 27.7 Å². The van der Waals surface area contributed by atoms with Crippen LogP contribution in [-0.4, -0.2) is 34.6 Å². The van der Waals surface area contributed by atoms with Gasteiger partial charge >= 0.3 is 5.97 Å². The molecule has 0 N–H and O–H groups in total. The van der Waals surface area contributed by atoms with E-state index in [9.17, 15) is 9.59 Å². The van der Waals surface area contributed by atoms with E-state index in [1.165, 1.54) is 22.7 Å². The number of thioether (sulfide) groups is 1. The van der Waals surface area contributed by atoms with Crippen molar-refractivity contribution in [1.29, 1.82) is 0 Å². The van der Waals surface area contributed by atoms with E-state index in [2.05, 4.69) is 15.9 Å². The molecule has 1 aliphatic heterocycles. The number of carbonyl (C=O) groups excluding carboxylic acids is 2. The second-order valence-electron chi connectivity index (χ2n) is 2.57. The molecule has 1 fully saturated rings. The van der Waals surface area contributed by atoms with Gasteiger partial charge in [-0.25, -0.2) is 4.79 Å². The van der Waals surface area contributed by atoms with Gasteiger partial charge in [0, 0.05) is 7.05 Å². The fourth-order valence-corrected chi connectivity index (χ4v) is 2.68. The molecule has 14 heavy (non-hydrogen) atoms. The van der Waals surface area contributed by atoms with Gasteiger partial charge in [-0.15, -0.1) is 0 Å². The molecule has 0 spiro atoms. The zero-order chi connectivity index (χ0) is 10.7. The molecule has 4 nitrogen and oxygen atoms in total. The van der Waals surface area contributed by atoms with E-state index in [0.29, 0.717) is 11.6 Å². The fourth-order valence-electron chi connectivity index (χ4n) is 0.912. The topological polar surface area (TPSA) is 46.6 Å². The number of hydrogen-bond acceptors (Lipinski definition) is 4. The smallest absolute Gasteiger partial charge is 0.333 e. The Morgan fingerprint density at radius 3 is 2.86 bits per heavy atom. The molecule has 1 rings (SSSR count). The lowest BCUT2D eigenvalue weighted by Gasteiger charge is -2.08. The highest BCUT2D eigenvalue weighted by Crippen LogP contribution is 2.36. The predicted octanol–water partition coefficient (Wildman–Crippen LogP) is 1.32. The van der Waals surface area contributed by atoms with Crippen LogP contribution in [-0.2, 0) is 14.3 Å². The summed E-state index contributed by atoms with van der Waals surface area (Å²) >= 11 is 4.48. The zero-order valence-electron chi connectivity index (χ0n) is 7.82. The van der Waals surface area contributed by atoms with Gasteiger partial charge in [0.15, 0.2) is 0 Å². The molecule has 1 heterocycles. The van der Waals surface area contributed by atoms with Gasteiger partial charge in [-0.2, -0.15) is 0 Å². The quantitative estimate of drug-likeness (QED) is 0.435. The lowest BCUT2D eigenvalue weighted by molar-refractivity contribution is -0.137. The molecule has 0 aliphatic carbocycles. The molecule has 78 valence electrons. The monoisotopic (exact) mass is 279 g/mol. The average molecular weight is 280 g/mol. The van der Waals surface area contributed by atoms with Crippen molar-refractivity contribution in [3.8, 4) is 0 Å². The van der Waals surface area contributed by atoms with Crippen molar-refractivity contribution in [2.24, 2.45) is 0 Å². The fraction of sp³-hybridized carbons (Fsp3) is 0.500. The minimum Gasteiger partial charge on any atom is -0.463 e. The Morgan fingerprint density at radius 2 is 2.43 bits per heavy atom. The first kappa shape index (κ1) is 11.6. The summed E-state index contributed by atoms with van der Waals surface area (Å²) in [4.78, 5) is 23.8. The van der Waals surface area contributed by atoms with Crippen molar-refractivity contribution in [1.82, 2.24) is 4.90 Å². The summed E-state index contributed by atoms with van der Waals surface area (Å²) < 4.78 is 4.44. The predicted molar refractivity (Wildman–Crippen MR) is 57.8 cm³/mol. The molecule has 0 radical (unpaired) electrons. The second kappa shape index (κ2) is 4.84. The maximum absolute atomic E-state index is 11.3. The first-order valence-electron chi connectivity index (χ1n) is 4.03. The minimum atomic E-state index is -0.420. The molecule has 0 aromatic heterocycles. The molecule has 0 saturated carbocycles. The largest absolute Gasteiger partial charge is 0.463 e. The summed E-state index contributed by atoms with van der Waals surface area (Å²) in [6.45, 7) is 2.07. The van der Waals surface area contributed by atoms with Gasteiger partial charge in [0.2, 0.25) is 0 Å². The lowest BCUT2D eigenvalue weighted by Crippen LogP contribution is -2.22. The first-order chi connectivity index (χ1) is 6.56. The maximum atomic E-state index is 11.3. The van der Waals surface area contributed by atoms with Gasteiger partial charge in [0.1, 0.15) is 4.16 Å². The lowest BCUT2D eigenvalue weighted by atomic mass is 10.5. The van der Waals surface area contributed by atoms with Crippen LogP contribution < -0.4 is 0 Å². The Bertz CT molecular complexity index is 292. The van der Waals surface area contributed by atoms with Crippen molar-refractivity contribution in [2.75, 3.05) is 13.7 Å². The highest BCUT2D eigenvalue weighted by atomic mass is 79.9. The van der Waals surface area contributed by atoms with Gasteiger partial charge < -0.3 is 9.64 Å². The van der Waals surface area contributed by atoms with Crippen molar-refractivity contribution in [2.45, 2.75) is 11.1 Å². The van der Waals surface area contributed by atoms with Crippen LogP contribution in [0.2, 0.25) is 0 Å². The van der Waals surface area contributed by atoms with E-state index in [1.807, 2.05) is 0 Å². The number of esters is 1. The van der Waals surface area contributed by atoms with Crippen molar-refractivity contribution >= 4 is 39.6 Å². The van der Waals surface area contributed by atoms with Crippen LogP contribution in [0.25, 0.3) is 0 Å². The van der Waals surface area contributed by atoms with Gasteiger partial charge in [0.25, 0.3) is 5.91 Å². The average Bonchev–Trinajstić information content (AvgIpc) is 2.34. The van der Waals surface area contributed by atoms with Gasteiger partial charge in [0.05, 0.1) is 17.7 Å². The summed E-state index contributed by atoms with van der Waals surface area (Å²) in [5, 5.41) is 0.607. The molecule has 0 aromatic carbocycles. The van der Waals surface area contributed by atoms with E-state index in [4.69, 9.17) is 4.74 Å². The molecule has 1 unspecified atom stereocenters. The summed E-state index contributed by atoms with van der Waals surface area (Å²) in [7, 11) is 1.63. The molecule has 1 aliphatic rings. The number of alkyl halides is 1. The number of hydrogen-bond donors (Lipinski definition) is 0. The molecule has 1 saturated heterocycles. The second-order valence-corrected chi connectivity index (χ2v) is 5.21. The zero-order valence-corrected chi connectivity index (χ0v) is 10.2. The highest BCUT2D eigenvalue weighted by Gasteiger charge is 2.32. The third kappa shape index (κ3) is 2.51. The van der Waals surface area contributed by atoms with Crippen LogP contribution >= 0.6 is 27.7 Å². The number of ether oxygens (including phenoxy) is 1. The highest BCUT2D eigenvalue weighted by molar-refractivity contribution is 9.11. The van der Waals surface area contributed by atoms with Gasteiger partial charge in [-0.3, -0.25) is 4.79 Å². The van der Waals surface area contributed by atoms with E-state index >= 15 is 0 Å². The SMILES string of the molecule is CCOC(=O)C=C1SC(Br)C(=O)N1C. The third-order valence-corrected chi connectivity index (χ3v) is 3.60. The Hall–Kier alpha value is -0.490. The van der Waals surface area contributed by atoms with Crippen molar-refractivity contribution in [3.05, 3.63) is 11.1 Å². The van der Waals surface area contributed by atoms with E-state index in [1.54, 1.807) is 14.0 Å². The first-order valence-corrected chi connectivity index (χ1v) is 5.82. The van der Waals surface area contributed by atoms with E-state index in [-0.39, 0.29) is 10.1 Å². The normalized spacial score (nSPS) is 24.5. The molecule has 1 atom stereocenters. The summed E-state index contributed by atoms with van der Waals surface area (Å²) in [6, 6.07) is 0. The van der Waals surface area contributed by atoms with Crippen molar-refractivity contribution in [3.63, 3.8) is 0 Å². The number of nitrogens with zero attached hydrogens (tertiary/aromatic N) is 1. The van der Waals surface area contributed by atoms with E-state index < -0.39 is 5.97 Å². The summed E-state index contributed by atoms with van der Waals surface area (Å²) in [5.41, 5.74) is 0. The van der Waals surface area contributed by atoms with Crippen LogP contribution in [0.15, 0.2) is 11.1 Å². The number of carbonyl (C=O) groups is 2. The molecule has 0 bridgehead atoms. The minimum absolute atomic E-state index is 0.0643. The Kier molecular flexibility index (Phi) is 4.00. The maximum Gasteiger partial charge on any atom is 0.333 e. The van der Waals surface area contributed by atoms with E-state index in [0.717, 1.165) is 0 Å². The molecule has 1 amide bonds. The molecular formula is C8H10BrNO3S. The Balaban J connectivity index is 2.70. The molecule has 0 aromatic rings. The van der Waals surface area contributed by atoms with Crippen LogP contribution in [0.5, 0.6) is 0 Å². The molecular weight excluding hydrogens is 270 g/mol. The Labute approximate surface area is 94.8 Å². The van der Waals surface area contributed by atoms with Crippen molar-refractivity contribution < 1.29 is 14.3 Å².